The van der Waals surface area contributed by atoms with Crippen molar-refractivity contribution >= 4 is 21.6 Å². The van der Waals surface area contributed by atoms with Gasteiger partial charge in [-0.25, -0.2) is 4.98 Å². The molecule has 1 aromatic carbocycles. The quantitative estimate of drug-likeness (QED) is 0.943. The van der Waals surface area contributed by atoms with Crippen molar-refractivity contribution in [2.24, 2.45) is 5.92 Å². The minimum Gasteiger partial charge on any atom is -0.314 e. The zero-order valence-electron chi connectivity index (χ0n) is 12.4. The Morgan fingerprint density at radius 3 is 2.81 bits per heavy atom. The number of benzene rings is 1. The molecule has 0 radical (unpaired) electrons. The van der Waals surface area contributed by atoms with E-state index in [0.29, 0.717) is 0 Å². The zero-order chi connectivity index (χ0) is 14.1. The van der Waals surface area contributed by atoms with Gasteiger partial charge in [-0.15, -0.1) is 11.3 Å². The molecule has 2 saturated heterocycles. The van der Waals surface area contributed by atoms with Gasteiger partial charge in [0.05, 0.1) is 16.8 Å². The van der Waals surface area contributed by atoms with E-state index in [1.54, 1.807) is 0 Å². The number of nitrogens with zero attached hydrogens (tertiary/aromatic N) is 2. The normalized spacial score (nSPS) is 24.9. The van der Waals surface area contributed by atoms with E-state index in [-0.39, 0.29) is 0 Å². The molecule has 1 atom stereocenters. The lowest BCUT2D eigenvalue weighted by Crippen LogP contribution is -2.40. The maximum atomic E-state index is 4.77. The fourth-order valence-corrected chi connectivity index (χ4v) is 4.82. The maximum Gasteiger partial charge on any atom is 0.108 e. The fraction of sp³-hybridized carbons (Fsp3) is 0.588. The molecule has 0 aliphatic carbocycles. The molecule has 0 spiro atoms. The van der Waals surface area contributed by atoms with Crippen molar-refractivity contribution in [2.45, 2.75) is 38.3 Å². The van der Waals surface area contributed by atoms with Crippen molar-refractivity contribution in [3.63, 3.8) is 0 Å². The highest BCUT2D eigenvalue weighted by Crippen LogP contribution is 2.28. The van der Waals surface area contributed by atoms with E-state index >= 15 is 0 Å². The summed E-state index contributed by atoms with van der Waals surface area (Å²) in [6, 6.07) is 9.27. The van der Waals surface area contributed by atoms with E-state index in [1.165, 1.54) is 55.0 Å². The number of para-hydroxylation sites is 1. The van der Waals surface area contributed by atoms with Crippen LogP contribution < -0.4 is 5.32 Å². The predicted octanol–water partition coefficient (Wildman–Crippen LogP) is 3.26. The Kier molecular flexibility index (Phi) is 3.93. The van der Waals surface area contributed by atoms with Gasteiger partial charge in [-0.3, -0.25) is 4.90 Å². The molecule has 0 saturated carbocycles. The molecule has 1 N–H and O–H groups in total. The molecule has 1 aromatic heterocycles. The van der Waals surface area contributed by atoms with E-state index in [0.717, 1.165) is 24.0 Å². The highest BCUT2D eigenvalue weighted by atomic mass is 32.1. The van der Waals surface area contributed by atoms with Gasteiger partial charge in [-0.05, 0) is 63.4 Å². The molecule has 0 bridgehead atoms. The van der Waals surface area contributed by atoms with Gasteiger partial charge in [0.2, 0.25) is 0 Å². The summed E-state index contributed by atoms with van der Waals surface area (Å²) in [6.45, 7) is 4.73. The van der Waals surface area contributed by atoms with E-state index in [1.807, 2.05) is 11.3 Å². The van der Waals surface area contributed by atoms with E-state index in [4.69, 9.17) is 4.98 Å². The summed E-state index contributed by atoms with van der Waals surface area (Å²) in [5.41, 5.74) is 1.16. The fourth-order valence-electron chi connectivity index (χ4n) is 3.81. The first-order valence-electron chi connectivity index (χ1n) is 8.19. The lowest BCUT2D eigenvalue weighted by molar-refractivity contribution is 0.157. The summed E-state index contributed by atoms with van der Waals surface area (Å²) < 4.78 is 1.32. The highest BCUT2D eigenvalue weighted by molar-refractivity contribution is 7.18. The van der Waals surface area contributed by atoms with Gasteiger partial charge in [0.1, 0.15) is 5.01 Å². The van der Waals surface area contributed by atoms with E-state index in [2.05, 4.69) is 34.5 Å². The Hall–Kier alpha value is -0.970. The Balaban J connectivity index is 1.35. The van der Waals surface area contributed by atoms with Gasteiger partial charge in [-0.2, -0.15) is 0 Å². The van der Waals surface area contributed by atoms with Crippen LogP contribution in [0.3, 0.4) is 0 Å². The monoisotopic (exact) mass is 301 g/mol. The average molecular weight is 301 g/mol. The molecule has 3 heterocycles. The standard InChI is InChI=1S/C17H23N3S/c1-2-6-16-15(4-1)19-17(21-16)12-20-10-7-13(8-11-20)14-5-3-9-18-14/h1-2,4,6,13-14,18H,3,5,7-12H2. The number of thiazole rings is 1. The molecule has 2 aliphatic rings. The number of likely N-dealkylation sites (tertiary alicyclic amines) is 1. The Morgan fingerprint density at radius 2 is 2.05 bits per heavy atom. The van der Waals surface area contributed by atoms with Gasteiger partial charge in [-0.1, -0.05) is 12.1 Å². The Labute approximate surface area is 130 Å². The first-order valence-corrected chi connectivity index (χ1v) is 9.00. The summed E-state index contributed by atoms with van der Waals surface area (Å²) in [4.78, 5) is 7.35. The average Bonchev–Trinajstić information content (AvgIpc) is 3.17. The summed E-state index contributed by atoms with van der Waals surface area (Å²) in [5.74, 6) is 0.902. The van der Waals surface area contributed by atoms with Crippen LogP contribution in [0.2, 0.25) is 0 Å². The van der Waals surface area contributed by atoms with Gasteiger partial charge >= 0.3 is 0 Å². The summed E-state index contributed by atoms with van der Waals surface area (Å²) in [7, 11) is 0. The van der Waals surface area contributed by atoms with Crippen molar-refractivity contribution in [3.8, 4) is 0 Å². The van der Waals surface area contributed by atoms with Crippen LogP contribution in [0.5, 0.6) is 0 Å². The van der Waals surface area contributed by atoms with Crippen LogP contribution in [0, 0.1) is 5.92 Å². The number of nitrogens with one attached hydrogen (secondary N) is 1. The zero-order valence-corrected chi connectivity index (χ0v) is 13.2. The van der Waals surface area contributed by atoms with Crippen LogP contribution in [-0.2, 0) is 6.54 Å². The van der Waals surface area contributed by atoms with Gasteiger partial charge in [0.15, 0.2) is 0 Å². The third kappa shape index (κ3) is 2.98. The minimum atomic E-state index is 0.801. The van der Waals surface area contributed by atoms with E-state index < -0.39 is 0 Å². The molecule has 3 nitrogen and oxygen atoms in total. The molecule has 21 heavy (non-hydrogen) atoms. The lowest BCUT2D eigenvalue weighted by atomic mass is 9.88. The Bertz CT molecular complexity index is 562. The lowest BCUT2D eigenvalue weighted by Gasteiger charge is -2.34. The number of rotatable bonds is 3. The third-order valence-corrected chi connectivity index (χ3v) is 6.02. The molecular formula is C17H23N3S. The molecule has 2 fully saturated rings. The molecule has 4 rings (SSSR count). The number of aromatic nitrogens is 1. The minimum absolute atomic E-state index is 0.801. The highest BCUT2D eigenvalue weighted by Gasteiger charge is 2.28. The molecule has 0 amide bonds. The largest absolute Gasteiger partial charge is 0.314 e. The smallest absolute Gasteiger partial charge is 0.108 e. The number of fused-ring (bicyclic) bond motifs is 1. The SMILES string of the molecule is c1ccc2sc(CN3CCC(C4CCCN4)CC3)nc2c1. The second kappa shape index (κ2) is 6.03. The van der Waals surface area contributed by atoms with Crippen molar-refractivity contribution < 1.29 is 0 Å². The van der Waals surface area contributed by atoms with Crippen LogP contribution in [-0.4, -0.2) is 35.6 Å². The number of hydrogen-bond donors (Lipinski definition) is 1. The predicted molar refractivity (Wildman–Crippen MR) is 88.6 cm³/mol. The second-order valence-electron chi connectivity index (χ2n) is 6.39. The molecule has 4 heteroatoms. The summed E-state index contributed by atoms with van der Waals surface area (Å²) >= 11 is 1.85. The topological polar surface area (TPSA) is 28.2 Å². The second-order valence-corrected chi connectivity index (χ2v) is 7.51. The van der Waals surface area contributed by atoms with Gasteiger partial charge < -0.3 is 5.32 Å². The first kappa shape index (κ1) is 13.7. The Morgan fingerprint density at radius 1 is 1.19 bits per heavy atom. The van der Waals surface area contributed by atoms with Crippen molar-refractivity contribution in [1.29, 1.82) is 0 Å². The first-order chi connectivity index (χ1) is 10.4. The molecular weight excluding hydrogens is 278 g/mol. The van der Waals surface area contributed by atoms with Crippen molar-refractivity contribution in [1.82, 2.24) is 15.2 Å². The van der Waals surface area contributed by atoms with Gasteiger partial charge in [0.25, 0.3) is 0 Å². The molecule has 1 unspecified atom stereocenters. The molecule has 112 valence electrons. The maximum absolute atomic E-state index is 4.77. The van der Waals surface area contributed by atoms with Crippen LogP contribution in [0.25, 0.3) is 10.2 Å². The van der Waals surface area contributed by atoms with Crippen molar-refractivity contribution in [2.75, 3.05) is 19.6 Å². The summed E-state index contributed by atoms with van der Waals surface area (Å²) in [6.07, 6.45) is 5.46. The number of hydrogen-bond acceptors (Lipinski definition) is 4. The summed E-state index contributed by atoms with van der Waals surface area (Å²) in [5, 5.41) is 4.95. The third-order valence-electron chi connectivity index (χ3n) is 5.00. The van der Waals surface area contributed by atoms with Crippen LogP contribution >= 0.6 is 11.3 Å². The number of piperidine rings is 1. The van der Waals surface area contributed by atoms with Crippen LogP contribution in [0.4, 0.5) is 0 Å². The van der Waals surface area contributed by atoms with Crippen LogP contribution in [0.1, 0.15) is 30.7 Å². The van der Waals surface area contributed by atoms with E-state index in [9.17, 15) is 0 Å². The van der Waals surface area contributed by atoms with Gasteiger partial charge in [0, 0.05) is 6.04 Å². The molecule has 2 aromatic rings. The van der Waals surface area contributed by atoms with Crippen molar-refractivity contribution in [3.05, 3.63) is 29.3 Å². The van der Waals surface area contributed by atoms with Crippen LogP contribution in [0.15, 0.2) is 24.3 Å². The molecule has 2 aliphatic heterocycles.